The van der Waals surface area contributed by atoms with Gasteiger partial charge in [-0.1, -0.05) is 48.8 Å². The van der Waals surface area contributed by atoms with Crippen LogP contribution in [0.4, 0.5) is 5.69 Å². The maximum atomic E-state index is 12.5. The molecule has 0 atom stereocenters. The third kappa shape index (κ3) is 7.42. The number of halogens is 1. The molecule has 0 radical (unpaired) electrons. The highest BCUT2D eigenvalue weighted by atomic mass is 79.9. The summed E-state index contributed by atoms with van der Waals surface area (Å²) in [6.45, 7) is 8.01. The molecule has 0 heterocycles. The zero-order valence-corrected chi connectivity index (χ0v) is 21.7. The van der Waals surface area contributed by atoms with Crippen molar-refractivity contribution in [2.45, 2.75) is 33.1 Å². The molecule has 3 aromatic carbocycles. The molecule has 0 aliphatic rings. The molecule has 0 fully saturated rings. The second kappa shape index (κ2) is 11.2. The second-order valence-electron chi connectivity index (χ2n) is 9.06. The molecule has 3 rings (SSSR count). The molecule has 0 bridgehead atoms. The molecular formula is C27H28BrN3O4. The molecule has 35 heavy (non-hydrogen) atoms. The van der Waals surface area contributed by atoms with E-state index in [9.17, 15) is 14.4 Å². The van der Waals surface area contributed by atoms with E-state index in [4.69, 9.17) is 4.74 Å². The van der Waals surface area contributed by atoms with Gasteiger partial charge in [-0.15, -0.1) is 0 Å². The van der Waals surface area contributed by atoms with E-state index in [0.717, 1.165) is 15.6 Å². The topological polar surface area (TPSA) is 96.5 Å². The Morgan fingerprint density at radius 1 is 0.829 bits per heavy atom. The number of aryl methyl sites for hydroxylation is 1. The zero-order valence-electron chi connectivity index (χ0n) is 20.1. The van der Waals surface area contributed by atoms with E-state index in [-0.39, 0.29) is 17.9 Å². The first-order valence-corrected chi connectivity index (χ1v) is 11.8. The fraction of sp³-hybridized carbons (Fsp3) is 0.222. The summed E-state index contributed by atoms with van der Waals surface area (Å²) < 4.78 is 6.38. The van der Waals surface area contributed by atoms with Crippen molar-refractivity contribution in [3.8, 4) is 5.75 Å². The van der Waals surface area contributed by atoms with Gasteiger partial charge in [-0.3, -0.25) is 25.2 Å². The molecule has 0 saturated carbocycles. The van der Waals surface area contributed by atoms with E-state index in [2.05, 4.69) is 52.9 Å². The lowest BCUT2D eigenvalue weighted by Gasteiger charge is -2.19. The Morgan fingerprint density at radius 3 is 2.03 bits per heavy atom. The van der Waals surface area contributed by atoms with E-state index in [1.807, 2.05) is 25.1 Å². The van der Waals surface area contributed by atoms with Crippen LogP contribution in [-0.2, 0) is 10.2 Å². The van der Waals surface area contributed by atoms with Crippen LogP contribution < -0.4 is 20.9 Å². The summed E-state index contributed by atoms with van der Waals surface area (Å²) in [4.78, 5) is 36.8. The molecule has 3 aromatic rings. The van der Waals surface area contributed by atoms with Crippen molar-refractivity contribution >= 4 is 39.3 Å². The number of amides is 3. The molecule has 7 nitrogen and oxygen atoms in total. The number of hydrazine groups is 1. The quantitative estimate of drug-likeness (QED) is 0.379. The van der Waals surface area contributed by atoms with Crippen LogP contribution in [0.25, 0.3) is 0 Å². The number of nitrogens with one attached hydrogen (secondary N) is 3. The number of rotatable bonds is 6. The van der Waals surface area contributed by atoms with Gasteiger partial charge in [0.25, 0.3) is 17.7 Å². The van der Waals surface area contributed by atoms with Gasteiger partial charge in [0.2, 0.25) is 0 Å². The summed E-state index contributed by atoms with van der Waals surface area (Å²) in [5.74, 6) is -0.681. The number of hydrogen-bond acceptors (Lipinski definition) is 4. The molecule has 0 aromatic heterocycles. The van der Waals surface area contributed by atoms with Crippen molar-refractivity contribution in [1.82, 2.24) is 10.9 Å². The maximum absolute atomic E-state index is 12.5. The smallest absolute Gasteiger partial charge is 0.276 e. The van der Waals surface area contributed by atoms with Crippen molar-refractivity contribution in [2.24, 2.45) is 0 Å². The van der Waals surface area contributed by atoms with E-state index >= 15 is 0 Å². The monoisotopic (exact) mass is 537 g/mol. The number of hydrogen-bond donors (Lipinski definition) is 3. The fourth-order valence-electron chi connectivity index (χ4n) is 3.12. The number of ether oxygens (including phenoxy) is 1. The summed E-state index contributed by atoms with van der Waals surface area (Å²) in [6.07, 6.45) is 0. The molecule has 3 amide bonds. The molecule has 182 valence electrons. The molecule has 0 unspecified atom stereocenters. The van der Waals surface area contributed by atoms with Crippen molar-refractivity contribution in [1.29, 1.82) is 0 Å². The predicted octanol–water partition coefficient (Wildman–Crippen LogP) is 5.15. The zero-order chi connectivity index (χ0) is 25.6. The largest absolute Gasteiger partial charge is 0.484 e. The highest BCUT2D eigenvalue weighted by Crippen LogP contribution is 2.23. The molecule has 3 N–H and O–H groups in total. The average molecular weight is 538 g/mol. The molecule has 8 heteroatoms. The minimum Gasteiger partial charge on any atom is -0.484 e. The van der Waals surface area contributed by atoms with Gasteiger partial charge >= 0.3 is 0 Å². The van der Waals surface area contributed by atoms with Gasteiger partial charge in [0.05, 0.1) is 0 Å². The summed E-state index contributed by atoms with van der Waals surface area (Å²) in [5.41, 5.74) is 8.22. The highest BCUT2D eigenvalue weighted by Gasteiger charge is 2.15. The lowest BCUT2D eigenvalue weighted by molar-refractivity contribution is -0.123. The van der Waals surface area contributed by atoms with Crippen LogP contribution in [-0.4, -0.2) is 24.3 Å². The molecule has 0 saturated heterocycles. The first-order chi connectivity index (χ1) is 16.5. The fourth-order valence-corrected chi connectivity index (χ4v) is 3.37. The van der Waals surface area contributed by atoms with Crippen LogP contribution in [0.2, 0.25) is 0 Å². The Morgan fingerprint density at radius 2 is 1.43 bits per heavy atom. The van der Waals surface area contributed by atoms with Crippen molar-refractivity contribution in [3.05, 3.63) is 93.5 Å². The Labute approximate surface area is 213 Å². The van der Waals surface area contributed by atoms with Crippen LogP contribution in [0.1, 0.15) is 52.6 Å². The third-order valence-corrected chi connectivity index (χ3v) is 6.12. The molecule has 0 spiro atoms. The van der Waals surface area contributed by atoms with E-state index in [1.165, 1.54) is 0 Å². The van der Waals surface area contributed by atoms with Crippen molar-refractivity contribution in [2.75, 3.05) is 11.9 Å². The summed E-state index contributed by atoms with van der Waals surface area (Å²) in [6, 6.07) is 19.2. The minimum absolute atomic E-state index is 0.0105. The lowest BCUT2D eigenvalue weighted by Crippen LogP contribution is -2.43. The lowest BCUT2D eigenvalue weighted by atomic mass is 9.87. The number of anilines is 1. The van der Waals surface area contributed by atoms with Gasteiger partial charge in [-0.2, -0.15) is 0 Å². The highest BCUT2D eigenvalue weighted by molar-refractivity contribution is 9.10. The molecular weight excluding hydrogens is 510 g/mol. The summed E-state index contributed by atoms with van der Waals surface area (Å²) in [5, 5.41) is 2.81. The van der Waals surface area contributed by atoms with E-state index < -0.39 is 11.8 Å². The Balaban J connectivity index is 1.48. The second-order valence-corrected chi connectivity index (χ2v) is 9.92. The van der Waals surface area contributed by atoms with Crippen LogP contribution in [0, 0.1) is 6.92 Å². The predicted molar refractivity (Wildman–Crippen MR) is 140 cm³/mol. The van der Waals surface area contributed by atoms with E-state index in [0.29, 0.717) is 22.6 Å². The number of carbonyl (C=O) groups is 3. The van der Waals surface area contributed by atoms with Crippen molar-refractivity contribution in [3.63, 3.8) is 0 Å². The van der Waals surface area contributed by atoms with Gasteiger partial charge in [0.1, 0.15) is 5.75 Å². The van der Waals surface area contributed by atoms with Crippen LogP contribution in [0.3, 0.4) is 0 Å². The van der Waals surface area contributed by atoms with Gasteiger partial charge in [0, 0.05) is 21.3 Å². The van der Waals surface area contributed by atoms with Gasteiger partial charge in [-0.25, -0.2) is 0 Å². The normalized spacial score (nSPS) is 10.9. The van der Waals surface area contributed by atoms with Crippen LogP contribution in [0.15, 0.2) is 71.2 Å². The third-order valence-electron chi connectivity index (χ3n) is 5.23. The average Bonchev–Trinajstić information content (AvgIpc) is 2.83. The van der Waals surface area contributed by atoms with Crippen LogP contribution >= 0.6 is 15.9 Å². The SMILES string of the molecule is Cc1cc(OCC(=O)NNC(=O)c2ccc(NC(=O)c3ccc(C(C)(C)C)cc3)cc2)ccc1Br. The molecule has 0 aliphatic carbocycles. The summed E-state index contributed by atoms with van der Waals surface area (Å²) >= 11 is 3.40. The van der Waals surface area contributed by atoms with Gasteiger partial charge in [0.15, 0.2) is 6.61 Å². The Bertz CT molecular complexity index is 1220. The Kier molecular flexibility index (Phi) is 8.30. The number of carbonyl (C=O) groups excluding carboxylic acids is 3. The maximum Gasteiger partial charge on any atom is 0.276 e. The number of benzene rings is 3. The first-order valence-electron chi connectivity index (χ1n) is 11.0. The molecule has 0 aliphatic heterocycles. The first kappa shape index (κ1) is 26.0. The van der Waals surface area contributed by atoms with Gasteiger partial charge < -0.3 is 10.1 Å². The van der Waals surface area contributed by atoms with Gasteiger partial charge in [-0.05, 0) is 78.1 Å². The summed E-state index contributed by atoms with van der Waals surface area (Å²) in [7, 11) is 0. The minimum atomic E-state index is -0.500. The standard InChI is InChI=1S/C27H28BrN3O4/c1-17-15-22(13-14-23(17)28)35-16-24(32)30-31-26(34)19-7-11-21(12-8-19)29-25(33)18-5-9-20(10-6-18)27(2,3)4/h5-15H,16H2,1-4H3,(H,29,33)(H,30,32)(H,31,34). The van der Waals surface area contributed by atoms with E-state index in [1.54, 1.807) is 48.5 Å². The van der Waals surface area contributed by atoms with Crippen LogP contribution in [0.5, 0.6) is 5.75 Å². The van der Waals surface area contributed by atoms with Crippen molar-refractivity contribution < 1.29 is 19.1 Å². The Hall–Kier alpha value is -3.65.